The van der Waals surface area contributed by atoms with Gasteiger partial charge >= 0.3 is 0 Å². The molecule has 0 amide bonds. The summed E-state index contributed by atoms with van der Waals surface area (Å²) in [5.41, 5.74) is 2.31. The number of rotatable bonds is 3. The summed E-state index contributed by atoms with van der Waals surface area (Å²) in [6.45, 7) is 6.26. The van der Waals surface area contributed by atoms with Gasteiger partial charge in [0.15, 0.2) is 0 Å². The quantitative estimate of drug-likeness (QED) is 0.694. The van der Waals surface area contributed by atoms with Crippen molar-refractivity contribution in [1.82, 2.24) is 14.5 Å². The Morgan fingerprint density at radius 2 is 1.88 bits per heavy atom. The third-order valence-electron chi connectivity index (χ3n) is 5.44. The molecule has 4 rings (SSSR count). The molecule has 4 nitrogen and oxygen atoms in total. The summed E-state index contributed by atoms with van der Waals surface area (Å²) in [6, 6.07) is 10.5. The molecule has 1 aliphatic rings. The van der Waals surface area contributed by atoms with Gasteiger partial charge in [-0.3, -0.25) is 9.36 Å². The first-order valence-corrected chi connectivity index (χ1v) is 10.2. The van der Waals surface area contributed by atoms with E-state index in [9.17, 15) is 4.79 Å². The Bertz CT molecular complexity index is 982. The van der Waals surface area contributed by atoms with Crippen LogP contribution in [0.3, 0.4) is 0 Å². The molecule has 1 fully saturated rings. The molecule has 0 bridgehead atoms. The van der Waals surface area contributed by atoms with Crippen LogP contribution in [0.2, 0.25) is 0 Å². The van der Waals surface area contributed by atoms with Gasteiger partial charge in [0.2, 0.25) is 0 Å². The van der Waals surface area contributed by atoms with Crippen molar-refractivity contribution < 1.29 is 0 Å². The Morgan fingerprint density at radius 3 is 2.54 bits per heavy atom. The van der Waals surface area contributed by atoms with E-state index < -0.39 is 0 Å². The molecular formula is C21H25N3OS. The molecule has 0 N–H and O–H groups in total. The predicted molar refractivity (Wildman–Crippen MR) is 109 cm³/mol. The van der Waals surface area contributed by atoms with Crippen LogP contribution in [0, 0.1) is 6.92 Å². The molecule has 0 radical (unpaired) electrons. The molecule has 1 aromatic carbocycles. The Morgan fingerprint density at radius 1 is 1.19 bits per heavy atom. The second kappa shape index (κ2) is 6.97. The van der Waals surface area contributed by atoms with E-state index in [0.29, 0.717) is 0 Å². The zero-order chi connectivity index (χ0) is 18.3. The van der Waals surface area contributed by atoms with Crippen molar-refractivity contribution in [3.8, 4) is 11.1 Å². The highest BCUT2D eigenvalue weighted by Crippen LogP contribution is 2.36. The van der Waals surface area contributed by atoms with Gasteiger partial charge in [0.1, 0.15) is 10.7 Å². The maximum Gasteiger partial charge on any atom is 0.263 e. The fourth-order valence-corrected chi connectivity index (χ4v) is 5.10. The van der Waals surface area contributed by atoms with Crippen LogP contribution < -0.4 is 5.56 Å². The summed E-state index contributed by atoms with van der Waals surface area (Å²) in [5, 5.41) is 0.801. The lowest BCUT2D eigenvalue weighted by molar-refractivity contribution is 0.216. The fraction of sp³-hybridized carbons (Fsp3) is 0.429. The molecule has 2 aromatic heterocycles. The van der Waals surface area contributed by atoms with Crippen molar-refractivity contribution in [2.45, 2.75) is 39.2 Å². The van der Waals surface area contributed by atoms with E-state index in [-0.39, 0.29) is 11.6 Å². The first-order chi connectivity index (χ1) is 12.6. The summed E-state index contributed by atoms with van der Waals surface area (Å²) in [7, 11) is 2.15. The number of hydrogen-bond donors (Lipinski definition) is 0. The molecule has 136 valence electrons. The van der Waals surface area contributed by atoms with Crippen LogP contribution in [0.25, 0.3) is 21.3 Å². The van der Waals surface area contributed by atoms with Crippen LogP contribution in [0.15, 0.2) is 35.1 Å². The van der Waals surface area contributed by atoms with Gasteiger partial charge < -0.3 is 4.90 Å². The van der Waals surface area contributed by atoms with E-state index >= 15 is 0 Å². The first-order valence-electron chi connectivity index (χ1n) is 9.38. The number of aromatic nitrogens is 2. The van der Waals surface area contributed by atoms with Crippen LogP contribution in [0.5, 0.6) is 0 Å². The molecule has 0 spiro atoms. The van der Waals surface area contributed by atoms with Gasteiger partial charge in [-0.15, -0.1) is 11.3 Å². The average Bonchev–Trinajstić information content (AvgIpc) is 2.99. The van der Waals surface area contributed by atoms with Crippen molar-refractivity contribution in [2.24, 2.45) is 0 Å². The molecule has 1 saturated heterocycles. The van der Waals surface area contributed by atoms with Crippen LogP contribution in [0.4, 0.5) is 0 Å². The number of likely N-dealkylation sites (tertiary alicyclic amines) is 1. The normalized spacial score (nSPS) is 16.4. The number of benzene rings is 1. The second-order valence-electron chi connectivity index (χ2n) is 7.17. The van der Waals surface area contributed by atoms with Gasteiger partial charge in [0.05, 0.1) is 5.39 Å². The summed E-state index contributed by atoms with van der Waals surface area (Å²) in [6.07, 6.45) is 2.82. The largest absolute Gasteiger partial charge is 0.306 e. The minimum absolute atomic E-state index is 0.143. The van der Waals surface area contributed by atoms with Gasteiger partial charge in [-0.1, -0.05) is 37.3 Å². The Kier molecular flexibility index (Phi) is 4.67. The van der Waals surface area contributed by atoms with Crippen LogP contribution >= 0.6 is 11.3 Å². The second-order valence-corrected chi connectivity index (χ2v) is 8.37. The Hall–Kier alpha value is -1.98. The van der Waals surface area contributed by atoms with Crippen molar-refractivity contribution in [2.75, 3.05) is 20.1 Å². The Balaban J connectivity index is 1.95. The first kappa shape index (κ1) is 17.4. The number of piperidine rings is 1. The van der Waals surface area contributed by atoms with E-state index in [0.717, 1.165) is 59.5 Å². The lowest BCUT2D eigenvalue weighted by Gasteiger charge is -2.31. The summed E-state index contributed by atoms with van der Waals surface area (Å²) >= 11 is 1.64. The minimum atomic E-state index is 0.143. The van der Waals surface area contributed by atoms with Gasteiger partial charge in [0, 0.05) is 22.9 Å². The lowest BCUT2D eigenvalue weighted by Crippen LogP contribution is -2.37. The van der Waals surface area contributed by atoms with E-state index in [1.807, 2.05) is 22.8 Å². The van der Waals surface area contributed by atoms with E-state index in [1.165, 1.54) is 4.88 Å². The molecule has 0 atom stereocenters. The molecule has 0 aliphatic carbocycles. The van der Waals surface area contributed by atoms with E-state index in [4.69, 9.17) is 4.98 Å². The third-order valence-corrected chi connectivity index (χ3v) is 6.44. The highest BCUT2D eigenvalue weighted by Gasteiger charge is 2.25. The molecule has 5 heteroatoms. The minimum Gasteiger partial charge on any atom is -0.306 e. The number of fused-ring (bicyclic) bond motifs is 1. The fourth-order valence-electron chi connectivity index (χ4n) is 4.05. The van der Waals surface area contributed by atoms with Crippen molar-refractivity contribution in [3.63, 3.8) is 0 Å². The summed E-state index contributed by atoms with van der Waals surface area (Å²) < 4.78 is 2.01. The molecule has 0 saturated carbocycles. The zero-order valence-corrected chi connectivity index (χ0v) is 16.5. The molecule has 0 unspecified atom stereocenters. The van der Waals surface area contributed by atoms with Gasteiger partial charge in [-0.2, -0.15) is 0 Å². The smallest absolute Gasteiger partial charge is 0.263 e. The van der Waals surface area contributed by atoms with Crippen molar-refractivity contribution in [1.29, 1.82) is 0 Å². The van der Waals surface area contributed by atoms with Crippen LogP contribution in [0.1, 0.15) is 36.5 Å². The number of nitrogens with zero attached hydrogens (tertiary/aromatic N) is 3. The predicted octanol–water partition coefficient (Wildman–Crippen LogP) is 4.26. The average molecular weight is 368 g/mol. The summed E-state index contributed by atoms with van der Waals surface area (Å²) in [4.78, 5) is 22.9. The Labute approximate surface area is 158 Å². The van der Waals surface area contributed by atoms with Crippen molar-refractivity contribution in [3.05, 3.63) is 51.4 Å². The molecule has 1 aliphatic heterocycles. The lowest BCUT2D eigenvalue weighted by atomic mass is 10.0. The number of thiophene rings is 1. The highest BCUT2D eigenvalue weighted by molar-refractivity contribution is 7.19. The zero-order valence-electron chi connectivity index (χ0n) is 15.7. The molecule has 3 aromatic rings. The van der Waals surface area contributed by atoms with E-state index in [1.54, 1.807) is 11.3 Å². The monoisotopic (exact) mass is 367 g/mol. The number of hydrogen-bond acceptors (Lipinski definition) is 4. The van der Waals surface area contributed by atoms with Gasteiger partial charge in [0.25, 0.3) is 5.56 Å². The summed E-state index contributed by atoms with van der Waals surface area (Å²) in [5.74, 6) is 0.929. The maximum atomic E-state index is 13.6. The molecule has 3 heterocycles. The number of aryl methyl sites for hydroxylation is 2. The van der Waals surface area contributed by atoms with E-state index in [2.05, 4.69) is 37.9 Å². The van der Waals surface area contributed by atoms with Gasteiger partial charge in [-0.05, 0) is 45.5 Å². The molecule has 26 heavy (non-hydrogen) atoms. The van der Waals surface area contributed by atoms with Crippen molar-refractivity contribution >= 4 is 21.6 Å². The highest BCUT2D eigenvalue weighted by atomic mass is 32.1. The SMILES string of the molecule is CCc1nc2sc(C)c(-c3ccccc3)c2c(=O)n1C1CCN(C)CC1. The molecular weight excluding hydrogens is 342 g/mol. The maximum absolute atomic E-state index is 13.6. The van der Waals surface area contributed by atoms with Crippen LogP contribution in [-0.2, 0) is 6.42 Å². The third kappa shape index (κ3) is 2.89. The van der Waals surface area contributed by atoms with Gasteiger partial charge in [-0.25, -0.2) is 4.98 Å². The standard InChI is InChI=1S/C21H25N3OS/c1-4-17-22-20-19(18(14(2)26-20)15-8-6-5-7-9-15)21(25)24(17)16-10-12-23(3)13-11-16/h5-9,16H,4,10-13H2,1-3H3. The van der Waals surface area contributed by atoms with Crippen LogP contribution in [-0.4, -0.2) is 34.6 Å². The topological polar surface area (TPSA) is 38.1 Å².